The summed E-state index contributed by atoms with van der Waals surface area (Å²) in [5.74, 6) is 1.10. The van der Waals surface area contributed by atoms with Crippen molar-refractivity contribution in [3.05, 3.63) is 74.3 Å². The van der Waals surface area contributed by atoms with Gasteiger partial charge in [-0.2, -0.15) is 13.2 Å². The highest BCUT2D eigenvalue weighted by Gasteiger charge is 2.31. The summed E-state index contributed by atoms with van der Waals surface area (Å²) in [5.41, 5.74) is 0.466. The van der Waals surface area contributed by atoms with Crippen LogP contribution in [0, 0.1) is 6.92 Å². The summed E-state index contributed by atoms with van der Waals surface area (Å²) in [6.07, 6.45) is -0.620. The topological polar surface area (TPSA) is 77.1 Å². The molecule has 3 heterocycles. The Hall–Kier alpha value is -3.05. The molecule has 34 heavy (non-hydrogen) atoms. The molecule has 1 aromatic carbocycles. The van der Waals surface area contributed by atoms with E-state index in [1.165, 1.54) is 28.3 Å². The van der Waals surface area contributed by atoms with Crippen LogP contribution in [0.2, 0.25) is 0 Å². The molecule has 0 saturated carbocycles. The zero-order chi connectivity index (χ0) is 24.0. The third-order valence-corrected chi connectivity index (χ3v) is 7.36. The number of aromatic nitrogens is 4. The molecule has 0 aliphatic heterocycles. The van der Waals surface area contributed by atoms with Gasteiger partial charge in [-0.15, -0.1) is 21.5 Å². The maximum atomic E-state index is 13.3. The lowest BCUT2D eigenvalue weighted by Crippen LogP contribution is -2.35. The summed E-state index contributed by atoms with van der Waals surface area (Å²) >= 11 is 1.52. The number of rotatable bonds is 5. The second-order valence-corrected chi connectivity index (χ2v) is 9.67. The summed E-state index contributed by atoms with van der Waals surface area (Å²) in [6.45, 7) is 2.34. The van der Waals surface area contributed by atoms with Crippen molar-refractivity contribution in [2.75, 3.05) is 7.05 Å². The second-order valence-electron chi connectivity index (χ2n) is 8.59. The van der Waals surface area contributed by atoms with Crippen molar-refractivity contribution in [1.82, 2.24) is 24.6 Å². The Bertz CT molecular complexity index is 1410. The van der Waals surface area contributed by atoms with Crippen LogP contribution in [0.25, 0.3) is 10.2 Å². The van der Waals surface area contributed by atoms with E-state index in [9.17, 15) is 18.0 Å². The lowest BCUT2D eigenvalue weighted by molar-refractivity contribution is -0.137. The highest BCUT2D eigenvalue weighted by atomic mass is 32.1. The Labute approximate surface area is 196 Å². The second kappa shape index (κ2) is 8.62. The summed E-state index contributed by atoms with van der Waals surface area (Å²) in [6, 6.07) is 5.30. The van der Waals surface area contributed by atoms with E-state index in [1.54, 1.807) is 13.0 Å². The summed E-state index contributed by atoms with van der Waals surface area (Å²) in [4.78, 5) is 21.7. The maximum absolute atomic E-state index is 13.3. The molecule has 0 spiro atoms. The first-order chi connectivity index (χ1) is 16.2. The number of benzene rings is 1. The Morgan fingerprint density at radius 1 is 1.29 bits per heavy atom. The van der Waals surface area contributed by atoms with E-state index in [4.69, 9.17) is 4.42 Å². The van der Waals surface area contributed by atoms with Crippen LogP contribution in [0.1, 0.15) is 39.8 Å². The first-order valence-corrected chi connectivity index (χ1v) is 11.7. The molecular weight excluding hydrogens is 467 g/mol. The molecule has 7 nitrogen and oxygen atoms in total. The van der Waals surface area contributed by atoms with Crippen molar-refractivity contribution < 1.29 is 17.6 Å². The van der Waals surface area contributed by atoms with Crippen LogP contribution >= 0.6 is 11.3 Å². The quantitative estimate of drug-likeness (QED) is 0.418. The van der Waals surface area contributed by atoms with Gasteiger partial charge in [0, 0.05) is 17.8 Å². The van der Waals surface area contributed by atoms with Crippen molar-refractivity contribution in [3.63, 3.8) is 0 Å². The Morgan fingerprint density at radius 3 is 2.85 bits per heavy atom. The van der Waals surface area contributed by atoms with Crippen molar-refractivity contribution in [1.29, 1.82) is 0 Å². The molecule has 178 valence electrons. The standard InChI is InChI=1S/C23H22F3N5O2S/c1-13-28-29-19(33-13)11-30(2)16-6-7-17-18(9-16)34-21-20(17)22(32)31(12-27-21)10-14-4-3-5-15(8-14)23(24,25)26/h3-5,8,12,16H,6-7,9-11H2,1-2H3. The molecule has 11 heteroatoms. The van der Waals surface area contributed by atoms with Crippen molar-refractivity contribution in [3.8, 4) is 0 Å². The van der Waals surface area contributed by atoms with E-state index in [0.29, 0.717) is 34.1 Å². The highest BCUT2D eigenvalue weighted by molar-refractivity contribution is 7.18. The number of halogens is 3. The molecule has 3 aromatic heterocycles. The van der Waals surface area contributed by atoms with Crippen LogP contribution < -0.4 is 5.56 Å². The van der Waals surface area contributed by atoms with Gasteiger partial charge in [0.1, 0.15) is 4.83 Å². The van der Waals surface area contributed by atoms with Crippen LogP contribution in [0.3, 0.4) is 0 Å². The van der Waals surface area contributed by atoms with Gasteiger partial charge < -0.3 is 4.42 Å². The van der Waals surface area contributed by atoms with Gasteiger partial charge in [-0.05, 0) is 49.6 Å². The number of hydrogen-bond acceptors (Lipinski definition) is 7. The van der Waals surface area contributed by atoms with E-state index in [-0.39, 0.29) is 18.1 Å². The number of nitrogens with zero attached hydrogens (tertiary/aromatic N) is 5. The molecular formula is C23H22F3N5O2S. The van der Waals surface area contributed by atoms with Crippen molar-refractivity contribution in [2.24, 2.45) is 0 Å². The van der Waals surface area contributed by atoms with Gasteiger partial charge in [-0.1, -0.05) is 12.1 Å². The lowest BCUT2D eigenvalue weighted by atomic mass is 9.92. The van der Waals surface area contributed by atoms with Crippen molar-refractivity contribution in [2.45, 2.75) is 51.5 Å². The summed E-state index contributed by atoms with van der Waals surface area (Å²) < 4.78 is 46.1. The molecule has 0 saturated heterocycles. The van der Waals surface area contributed by atoms with Crippen LogP contribution in [-0.4, -0.2) is 37.7 Å². The maximum Gasteiger partial charge on any atom is 0.416 e. The van der Waals surface area contributed by atoms with Crippen LogP contribution in [0.15, 0.2) is 39.8 Å². The predicted octanol–water partition coefficient (Wildman–Crippen LogP) is 4.21. The minimum atomic E-state index is -4.43. The van der Waals surface area contributed by atoms with Crippen molar-refractivity contribution >= 4 is 21.6 Å². The van der Waals surface area contributed by atoms with Gasteiger partial charge in [0.2, 0.25) is 11.8 Å². The monoisotopic (exact) mass is 489 g/mol. The lowest BCUT2D eigenvalue weighted by Gasteiger charge is -2.30. The molecule has 0 N–H and O–H groups in total. The van der Waals surface area contributed by atoms with Gasteiger partial charge in [0.15, 0.2) is 0 Å². The zero-order valence-corrected chi connectivity index (χ0v) is 19.4. The molecule has 1 atom stereocenters. The third-order valence-electron chi connectivity index (χ3n) is 6.19. The smallest absolute Gasteiger partial charge is 0.416 e. The highest BCUT2D eigenvalue weighted by Crippen LogP contribution is 2.35. The van der Waals surface area contributed by atoms with E-state index < -0.39 is 11.7 Å². The zero-order valence-electron chi connectivity index (χ0n) is 18.6. The minimum absolute atomic E-state index is 0.0330. The fourth-order valence-electron chi connectivity index (χ4n) is 4.46. The molecule has 4 aromatic rings. The first kappa shape index (κ1) is 22.7. The fourth-order valence-corrected chi connectivity index (χ4v) is 5.71. The Kier molecular flexibility index (Phi) is 5.76. The van der Waals surface area contributed by atoms with E-state index in [2.05, 4.69) is 20.1 Å². The average Bonchev–Trinajstić information content (AvgIpc) is 3.37. The van der Waals surface area contributed by atoms with E-state index in [0.717, 1.165) is 41.8 Å². The molecule has 5 rings (SSSR count). The van der Waals surface area contributed by atoms with Gasteiger partial charge in [-0.25, -0.2) is 4.98 Å². The van der Waals surface area contributed by atoms with Gasteiger partial charge in [0.25, 0.3) is 5.56 Å². The van der Waals surface area contributed by atoms with E-state index >= 15 is 0 Å². The summed E-state index contributed by atoms with van der Waals surface area (Å²) in [7, 11) is 2.02. The largest absolute Gasteiger partial charge is 0.424 e. The number of alkyl halides is 3. The van der Waals surface area contributed by atoms with Gasteiger partial charge in [0.05, 0.1) is 30.4 Å². The number of thiophene rings is 1. The SMILES string of the molecule is Cc1nnc(CN(C)C2CCc3c(sc4ncn(Cc5cccc(C(F)(F)F)c5)c(=O)c34)C2)o1. The molecule has 0 fully saturated rings. The van der Waals surface area contributed by atoms with E-state index in [1.807, 2.05) is 7.05 Å². The molecule has 1 unspecified atom stereocenters. The fraction of sp³-hybridized carbons (Fsp3) is 0.391. The average molecular weight is 490 g/mol. The predicted molar refractivity (Wildman–Crippen MR) is 121 cm³/mol. The number of likely N-dealkylation sites (N-methyl/N-ethyl adjacent to an activating group) is 1. The van der Waals surface area contributed by atoms with Gasteiger partial charge >= 0.3 is 6.18 Å². The number of hydrogen-bond donors (Lipinski definition) is 0. The van der Waals surface area contributed by atoms with Crippen LogP contribution in [0.5, 0.6) is 0 Å². The number of aryl methyl sites for hydroxylation is 2. The normalized spacial score (nSPS) is 16.4. The molecule has 0 amide bonds. The Morgan fingerprint density at radius 2 is 2.12 bits per heavy atom. The molecule has 1 aliphatic rings. The third kappa shape index (κ3) is 4.37. The van der Waals surface area contributed by atoms with Gasteiger partial charge in [-0.3, -0.25) is 14.3 Å². The first-order valence-electron chi connectivity index (χ1n) is 10.8. The molecule has 1 aliphatic carbocycles. The van der Waals surface area contributed by atoms with Crippen LogP contribution in [0.4, 0.5) is 13.2 Å². The minimum Gasteiger partial charge on any atom is -0.424 e. The number of fused-ring (bicyclic) bond motifs is 3. The molecule has 0 radical (unpaired) electrons. The Balaban J connectivity index is 1.39. The molecule has 0 bridgehead atoms. The summed E-state index contributed by atoms with van der Waals surface area (Å²) in [5, 5.41) is 8.52. The van der Waals surface area contributed by atoms with Crippen LogP contribution in [-0.2, 0) is 32.1 Å².